The molecule has 0 aliphatic carbocycles. The van der Waals surface area contributed by atoms with Gasteiger partial charge in [-0.05, 0) is 39.1 Å². The first kappa shape index (κ1) is 16.4. The molecular formula is C12H20BrN3O2S. The number of nitrogens with two attached hydrogens (primary N) is 1. The van der Waals surface area contributed by atoms with Crippen LogP contribution in [0.25, 0.3) is 0 Å². The van der Waals surface area contributed by atoms with E-state index >= 15 is 0 Å². The van der Waals surface area contributed by atoms with Gasteiger partial charge in [-0.15, -0.1) is 0 Å². The fourth-order valence-corrected chi connectivity index (χ4v) is 2.97. The Labute approximate surface area is 123 Å². The molecule has 0 saturated carbocycles. The molecule has 5 nitrogen and oxygen atoms in total. The minimum absolute atomic E-state index is 0.114. The molecule has 0 unspecified atom stereocenters. The van der Waals surface area contributed by atoms with Crippen molar-refractivity contribution in [1.82, 2.24) is 9.62 Å². The van der Waals surface area contributed by atoms with Crippen LogP contribution in [0.2, 0.25) is 0 Å². The van der Waals surface area contributed by atoms with Gasteiger partial charge < -0.3 is 10.6 Å². The predicted molar refractivity (Wildman–Crippen MR) is 81.5 cm³/mol. The Hall–Kier alpha value is -0.630. The summed E-state index contributed by atoms with van der Waals surface area (Å²) < 4.78 is 27.5. The summed E-state index contributed by atoms with van der Waals surface area (Å²) in [6.07, 6.45) is 0. The van der Waals surface area contributed by atoms with Crippen LogP contribution in [0.15, 0.2) is 27.6 Å². The van der Waals surface area contributed by atoms with Gasteiger partial charge in [0.2, 0.25) is 10.0 Å². The van der Waals surface area contributed by atoms with E-state index in [1.807, 2.05) is 7.05 Å². The van der Waals surface area contributed by atoms with Crippen molar-refractivity contribution in [2.45, 2.75) is 24.8 Å². The van der Waals surface area contributed by atoms with Gasteiger partial charge in [0.1, 0.15) is 4.90 Å². The van der Waals surface area contributed by atoms with Crippen molar-refractivity contribution in [3.8, 4) is 0 Å². The number of halogens is 1. The van der Waals surface area contributed by atoms with Crippen LogP contribution < -0.4 is 10.5 Å². The van der Waals surface area contributed by atoms with E-state index in [4.69, 9.17) is 5.73 Å². The molecule has 108 valence electrons. The van der Waals surface area contributed by atoms with E-state index in [9.17, 15) is 8.42 Å². The number of nitrogen functional groups attached to an aromatic ring is 1. The Bertz CT molecular complexity index is 532. The minimum Gasteiger partial charge on any atom is -0.398 e. The summed E-state index contributed by atoms with van der Waals surface area (Å²) in [6.45, 7) is 5.11. The number of sulfonamides is 1. The zero-order chi connectivity index (χ0) is 14.6. The molecule has 0 bridgehead atoms. The first-order chi connectivity index (χ1) is 8.74. The molecule has 1 aromatic carbocycles. The molecule has 1 aromatic rings. The van der Waals surface area contributed by atoms with E-state index < -0.39 is 10.0 Å². The Morgan fingerprint density at radius 2 is 2.05 bits per heavy atom. The molecule has 19 heavy (non-hydrogen) atoms. The number of nitrogens with zero attached hydrogens (tertiary/aromatic N) is 1. The molecule has 0 spiro atoms. The fourth-order valence-electron chi connectivity index (χ4n) is 1.46. The number of nitrogens with one attached hydrogen (secondary N) is 1. The SMILES string of the molecule is CC(C)N(C)CCNS(=O)(=O)c1ccc(Br)cc1N. The number of anilines is 1. The van der Waals surface area contributed by atoms with Crippen molar-refractivity contribution in [3.05, 3.63) is 22.7 Å². The first-order valence-corrected chi connectivity index (χ1v) is 8.26. The third kappa shape index (κ3) is 4.76. The lowest BCUT2D eigenvalue weighted by atomic mass is 10.3. The highest BCUT2D eigenvalue weighted by atomic mass is 79.9. The van der Waals surface area contributed by atoms with Gasteiger partial charge in [0, 0.05) is 23.6 Å². The molecule has 0 aliphatic rings. The number of likely N-dealkylation sites (N-methyl/N-ethyl adjacent to an activating group) is 1. The van der Waals surface area contributed by atoms with E-state index in [1.54, 1.807) is 12.1 Å². The number of rotatable bonds is 6. The number of hydrogen-bond acceptors (Lipinski definition) is 4. The van der Waals surface area contributed by atoms with Crippen molar-refractivity contribution in [2.24, 2.45) is 0 Å². The second-order valence-electron chi connectivity index (χ2n) is 4.65. The summed E-state index contributed by atoms with van der Waals surface area (Å²) in [6, 6.07) is 5.11. The molecule has 0 radical (unpaired) electrons. The molecular weight excluding hydrogens is 330 g/mol. The highest BCUT2D eigenvalue weighted by Gasteiger charge is 2.17. The van der Waals surface area contributed by atoms with Gasteiger partial charge in [0.25, 0.3) is 0 Å². The van der Waals surface area contributed by atoms with Crippen molar-refractivity contribution < 1.29 is 8.42 Å². The Morgan fingerprint density at radius 3 is 2.58 bits per heavy atom. The molecule has 0 fully saturated rings. The summed E-state index contributed by atoms with van der Waals surface area (Å²) >= 11 is 3.25. The third-order valence-electron chi connectivity index (χ3n) is 2.90. The van der Waals surface area contributed by atoms with Crippen LogP contribution in [0.5, 0.6) is 0 Å². The Kier molecular flexibility index (Phi) is 5.79. The first-order valence-electron chi connectivity index (χ1n) is 5.99. The lowest BCUT2D eigenvalue weighted by molar-refractivity contribution is 0.278. The summed E-state index contributed by atoms with van der Waals surface area (Å²) in [5, 5.41) is 0. The molecule has 3 N–H and O–H groups in total. The standard InChI is InChI=1S/C12H20BrN3O2S/c1-9(2)16(3)7-6-15-19(17,18)12-5-4-10(13)8-11(12)14/h4-5,8-9,15H,6-7,14H2,1-3H3. The van der Waals surface area contributed by atoms with E-state index in [0.29, 0.717) is 19.1 Å². The summed E-state index contributed by atoms with van der Waals surface area (Å²) in [5.74, 6) is 0. The van der Waals surface area contributed by atoms with E-state index in [2.05, 4.69) is 39.4 Å². The lowest BCUT2D eigenvalue weighted by Gasteiger charge is -2.21. The Balaban J connectivity index is 2.71. The maximum Gasteiger partial charge on any atom is 0.242 e. The smallest absolute Gasteiger partial charge is 0.242 e. The fraction of sp³-hybridized carbons (Fsp3) is 0.500. The van der Waals surface area contributed by atoms with Gasteiger partial charge in [0.15, 0.2) is 0 Å². The number of benzene rings is 1. The Morgan fingerprint density at radius 1 is 1.42 bits per heavy atom. The zero-order valence-corrected chi connectivity index (χ0v) is 13.8. The van der Waals surface area contributed by atoms with Crippen LogP contribution in [0.4, 0.5) is 5.69 Å². The van der Waals surface area contributed by atoms with E-state index in [0.717, 1.165) is 4.47 Å². The molecule has 0 aliphatic heterocycles. The molecule has 1 rings (SSSR count). The van der Waals surface area contributed by atoms with Crippen LogP contribution in [-0.2, 0) is 10.0 Å². The summed E-state index contributed by atoms with van der Waals surface area (Å²) in [4.78, 5) is 2.18. The minimum atomic E-state index is -3.55. The van der Waals surface area contributed by atoms with E-state index in [-0.39, 0.29) is 10.6 Å². The molecule has 0 atom stereocenters. The van der Waals surface area contributed by atoms with Crippen molar-refractivity contribution in [2.75, 3.05) is 25.9 Å². The van der Waals surface area contributed by atoms with Crippen molar-refractivity contribution in [1.29, 1.82) is 0 Å². The predicted octanol–water partition coefficient (Wildman–Crippen LogP) is 1.65. The monoisotopic (exact) mass is 349 g/mol. The van der Waals surface area contributed by atoms with Crippen molar-refractivity contribution >= 4 is 31.6 Å². The summed E-state index contributed by atoms with van der Waals surface area (Å²) in [5.41, 5.74) is 5.96. The molecule has 0 amide bonds. The summed E-state index contributed by atoms with van der Waals surface area (Å²) in [7, 11) is -1.60. The van der Waals surface area contributed by atoms with Crippen LogP contribution in [0.3, 0.4) is 0 Å². The normalized spacial score (nSPS) is 12.3. The molecule has 7 heteroatoms. The maximum absolute atomic E-state index is 12.1. The quantitative estimate of drug-likeness (QED) is 0.765. The van der Waals surface area contributed by atoms with Gasteiger partial charge in [0.05, 0.1) is 5.69 Å². The van der Waals surface area contributed by atoms with Gasteiger partial charge in [-0.3, -0.25) is 0 Å². The number of hydrogen-bond donors (Lipinski definition) is 2. The van der Waals surface area contributed by atoms with Crippen LogP contribution in [-0.4, -0.2) is 39.5 Å². The van der Waals surface area contributed by atoms with Gasteiger partial charge >= 0.3 is 0 Å². The van der Waals surface area contributed by atoms with Gasteiger partial charge in [-0.25, -0.2) is 13.1 Å². The van der Waals surface area contributed by atoms with Crippen LogP contribution >= 0.6 is 15.9 Å². The van der Waals surface area contributed by atoms with Gasteiger partial charge in [-0.1, -0.05) is 15.9 Å². The maximum atomic E-state index is 12.1. The van der Waals surface area contributed by atoms with Crippen LogP contribution in [0, 0.1) is 0 Å². The zero-order valence-electron chi connectivity index (χ0n) is 11.4. The lowest BCUT2D eigenvalue weighted by Crippen LogP contribution is -2.36. The highest BCUT2D eigenvalue weighted by Crippen LogP contribution is 2.22. The average Bonchev–Trinajstić information content (AvgIpc) is 2.27. The molecule has 0 heterocycles. The molecule has 0 aromatic heterocycles. The van der Waals surface area contributed by atoms with Crippen molar-refractivity contribution in [3.63, 3.8) is 0 Å². The topological polar surface area (TPSA) is 75.4 Å². The third-order valence-corrected chi connectivity index (χ3v) is 4.93. The largest absolute Gasteiger partial charge is 0.398 e. The van der Waals surface area contributed by atoms with Gasteiger partial charge in [-0.2, -0.15) is 0 Å². The van der Waals surface area contributed by atoms with E-state index in [1.165, 1.54) is 6.07 Å². The van der Waals surface area contributed by atoms with Crippen LogP contribution in [0.1, 0.15) is 13.8 Å². The second-order valence-corrected chi connectivity index (χ2v) is 7.31. The second kappa shape index (κ2) is 6.69. The average molecular weight is 350 g/mol. The molecule has 0 saturated heterocycles. The highest BCUT2D eigenvalue weighted by molar-refractivity contribution is 9.10.